The van der Waals surface area contributed by atoms with Crippen molar-refractivity contribution in [2.24, 2.45) is 5.10 Å². The van der Waals surface area contributed by atoms with Crippen molar-refractivity contribution >= 4 is 30.1 Å². The molecule has 2 saturated heterocycles. The number of nitrogens with zero attached hydrogens (tertiary/aromatic N) is 6. The van der Waals surface area contributed by atoms with Gasteiger partial charge in [0, 0.05) is 26.2 Å². The highest BCUT2D eigenvalue weighted by Gasteiger charge is 2.20. The Morgan fingerprint density at radius 1 is 0.833 bits per heavy atom. The van der Waals surface area contributed by atoms with Crippen molar-refractivity contribution in [3.05, 3.63) is 41.5 Å². The third-order valence-corrected chi connectivity index (χ3v) is 5.52. The van der Waals surface area contributed by atoms with E-state index in [1.54, 1.807) is 6.21 Å². The van der Waals surface area contributed by atoms with Gasteiger partial charge in [0.2, 0.25) is 17.8 Å². The van der Waals surface area contributed by atoms with E-state index in [9.17, 15) is 0 Å². The van der Waals surface area contributed by atoms with Crippen LogP contribution in [-0.2, 0) is 0 Å². The number of nitrogens with one attached hydrogen (secondary N) is 1. The van der Waals surface area contributed by atoms with Gasteiger partial charge in [-0.2, -0.15) is 20.1 Å². The molecular formula is C23H31N7. The highest BCUT2D eigenvalue weighted by Crippen LogP contribution is 2.22. The summed E-state index contributed by atoms with van der Waals surface area (Å²) >= 11 is 0. The minimum absolute atomic E-state index is 0.509. The lowest BCUT2D eigenvalue weighted by molar-refractivity contribution is 0.556. The summed E-state index contributed by atoms with van der Waals surface area (Å²) in [4.78, 5) is 18.7. The molecule has 1 aromatic heterocycles. The van der Waals surface area contributed by atoms with Crippen LogP contribution in [0.5, 0.6) is 0 Å². The van der Waals surface area contributed by atoms with Gasteiger partial charge in [0.05, 0.1) is 6.21 Å². The van der Waals surface area contributed by atoms with E-state index in [1.165, 1.54) is 38.5 Å². The number of rotatable bonds is 6. The van der Waals surface area contributed by atoms with Crippen molar-refractivity contribution in [1.29, 1.82) is 0 Å². The molecule has 0 amide bonds. The summed E-state index contributed by atoms with van der Waals surface area (Å²) in [6.45, 7) is 6.05. The van der Waals surface area contributed by atoms with Crippen LogP contribution in [0.1, 0.15) is 51.0 Å². The summed E-state index contributed by atoms with van der Waals surface area (Å²) in [6.07, 6.45) is 11.2. The lowest BCUT2D eigenvalue weighted by atomic mass is 10.1. The Kier molecular flexibility index (Phi) is 6.90. The predicted molar refractivity (Wildman–Crippen MR) is 124 cm³/mol. The van der Waals surface area contributed by atoms with Gasteiger partial charge in [0.1, 0.15) is 0 Å². The maximum absolute atomic E-state index is 4.81. The van der Waals surface area contributed by atoms with Crippen LogP contribution in [0.3, 0.4) is 0 Å². The van der Waals surface area contributed by atoms with E-state index in [4.69, 9.17) is 4.98 Å². The van der Waals surface area contributed by atoms with Crippen LogP contribution in [0.4, 0.5) is 17.8 Å². The normalized spacial score (nSPS) is 18.1. The fourth-order valence-corrected chi connectivity index (χ4v) is 3.92. The molecule has 2 aliphatic rings. The zero-order chi connectivity index (χ0) is 20.6. The molecule has 0 atom stereocenters. The summed E-state index contributed by atoms with van der Waals surface area (Å²) in [5, 5.41) is 4.38. The Morgan fingerprint density at radius 3 is 1.97 bits per heavy atom. The van der Waals surface area contributed by atoms with Crippen molar-refractivity contribution in [3.8, 4) is 0 Å². The number of hydrazone groups is 1. The fraction of sp³-hybridized carbons (Fsp3) is 0.478. The minimum atomic E-state index is 0.509. The average Bonchev–Trinajstić information content (AvgIpc) is 2.81. The maximum atomic E-state index is 4.81. The zero-order valence-corrected chi connectivity index (χ0v) is 17.8. The fourth-order valence-electron chi connectivity index (χ4n) is 3.92. The lowest BCUT2D eigenvalue weighted by Gasteiger charge is -2.30. The Balaban J connectivity index is 1.51. The molecule has 0 unspecified atom stereocenters. The van der Waals surface area contributed by atoms with Crippen LogP contribution >= 0.6 is 0 Å². The maximum Gasteiger partial charge on any atom is 0.250 e. The van der Waals surface area contributed by atoms with Crippen LogP contribution < -0.4 is 15.2 Å². The number of hydrogen-bond acceptors (Lipinski definition) is 7. The summed E-state index contributed by atoms with van der Waals surface area (Å²) in [7, 11) is 0. The summed E-state index contributed by atoms with van der Waals surface area (Å²) in [5.74, 6) is 2.04. The van der Waals surface area contributed by atoms with Crippen LogP contribution in [0, 0.1) is 0 Å². The first kappa shape index (κ1) is 20.3. The second-order valence-electron chi connectivity index (χ2n) is 8.02. The number of anilines is 3. The molecule has 0 bridgehead atoms. The first-order chi connectivity index (χ1) is 14.8. The highest BCUT2D eigenvalue weighted by atomic mass is 15.4. The third-order valence-electron chi connectivity index (χ3n) is 5.52. The van der Waals surface area contributed by atoms with Crippen LogP contribution in [-0.4, -0.2) is 47.3 Å². The number of benzene rings is 1. The Bertz CT molecular complexity index is 830. The topological polar surface area (TPSA) is 69.5 Å². The van der Waals surface area contributed by atoms with Gasteiger partial charge < -0.3 is 9.80 Å². The predicted octanol–water partition coefficient (Wildman–Crippen LogP) is 4.35. The Labute approximate surface area is 178 Å². The molecule has 0 radical (unpaired) electrons. The number of aromatic nitrogens is 3. The molecule has 4 rings (SSSR count). The molecule has 1 N–H and O–H groups in total. The van der Waals surface area contributed by atoms with E-state index in [1.807, 2.05) is 25.1 Å². The Morgan fingerprint density at radius 2 is 1.40 bits per heavy atom. The largest absolute Gasteiger partial charge is 0.341 e. The first-order valence-corrected chi connectivity index (χ1v) is 11.1. The minimum Gasteiger partial charge on any atom is -0.341 e. The van der Waals surface area contributed by atoms with Crippen molar-refractivity contribution < 1.29 is 0 Å². The summed E-state index contributed by atoms with van der Waals surface area (Å²) in [6, 6.07) is 10.2. The molecule has 0 saturated carbocycles. The molecule has 1 aromatic carbocycles. The van der Waals surface area contributed by atoms with Crippen molar-refractivity contribution in [3.63, 3.8) is 0 Å². The van der Waals surface area contributed by atoms with Gasteiger partial charge in [-0.15, -0.1) is 0 Å². The standard InChI is InChI=1S/C23H31N7/c1-19(17-20-11-5-2-6-12-20)18-24-28-21-25-22(29-13-7-3-8-14-29)27-23(26-21)30-15-9-4-10-16-30/h2,5-6,11-12,17-18H,3-4,7-10,13-16H2,1H3,(H,25,26,27,28)/b19-17-,24-18-. The summed E-state index contributed by atoms with van der Waals surface area (Å²) in [5.41, 5.74) is 5.24. The molecule has 3 heterocycles. The van der Waals surface area contributed by atoms with Gasteiger partial charge in [-0.25, -0.2) is 5.43 Å². The molecule has 7 heteroatoms. The van der Waals surface area contributed by atoms with Gasteiger partial charge in [-0.3, -0.25) is 0 Å². The van der Waals surface area contributed by atoms with Gasteiger partial charge in [-0.05, 0) is 56.6 Å². The van der Waals surface area contributed by atoms with Crippen LogP contribution in [0.15, 0.2) is 41.0 Å². The zero-order valence-electron chi connectivity index (χ0n) is 17.8. The van der Waals surface area contributed by atoms with Crippen molar-refractivity contribution in [2.45, 2.75) is 45.4 Å². The molecule has 2 aromatic rings. The molecule has 0 spiro atoms. The quantitative estimate of drug-likeness (QED) is 0.569. The molecule has 30 heavy (non-hydrogen) atoms. The second kappa shape index (κ2) is 10.2. The number of piperidine rings is 2. The van der Waals surface area contributed by atoms with E-state index >= 15 is 0 Å². The van der Waals surface area contributed by atoms with Gasteiger partial charge >= 0.3 is 0 Å². The molecule has 7 nitrogen and oxygen atoms in total. The highest BCUT2D eigenvalue weighted by molar-refractivity contribution is 5.85. The average molecular weight is 406 g/mol. The molecular weight excluding hydrogens is 374 g/mol. The van der Waals surface area contributed by atoms with E-state index < -0.39 is 0 Å². The third kappa shape index (κ3) is 5.55. The van der Waals surface area contributed by atoms with Gasteiger partial charge in [-0.1, -0.05) is 36.4 Å². The molecule has 158 valence electrons. The first-order valence-electron chi connectivity index (χ1n) is 11.1. The lowest BCUT2D eigenvalue weighted by Crippen LogP contribution is -2.34. The van der Waals surface area contributed by atoms with E-state index in [0.717, 1.165) is 49.2 Å². The monoisotopic (exact) mass is 405 g/mol. The Hall–Kier alpha value is -2.96. The molecule has 2 fully saturated rings. The smallest absolute Gasteiger partial charge is 0.250 e. The number of hydrogen-bond donors (Lipinski definition) is 1. The SMILES string of the molecule is CC(/C=N\Nc1nc(N2CCCCC2)nc(N2CCCCC2)n1)=C/c1ccccc1. The van der Waals surface area contributed by atoms with E-state index in [0.29, 0.717) is 5.95 Å². The number of allylic oxidation sites excluding steroid dienone is 1. The second-order valence-corrected chi connectivity index (χ2v) is 8.02. The van der Waals surface area contributed by atoms with Crippen molar-refractivity contribution in [2.75, 3.05) is 41.4 Å². The summed E-state index contributed by atoms with van der Waals surface area (Å²) < 4.78 is 0. The van der Waals surface area contributed by atoms with Crippen LogP contribution in [0.25, 0.3) is 6.08 Å². The van der Waals surface area contributed by atoms with Gasteiger partial charge in [0.25, 0.3) is 0 Å². The van der Waals surface area contributed by atoms with Crippen molar-refractivity contribution in [1.82, 2.24) is 15.0 Å². The van der Waals surface area contributed by atoms with Gasteiger partial charge in [0.15, 0.2) is 0 Å². The molecule has 2 aliphatic heterocycles. The van der Waals surface area contributed by atoms with E-state index in [-0.39, 0.29) is 0 Å². The van der Waals surface area contributed by atoms with Crippen LogP contribution in [0.2, 0.25) is 0 Å². The molecule has 0 aliphatic carbocycles. The van der Waals surface area contributed by atoms with E-state index in [2.05, 4.69) is 48.5 Å².